The molecular weight excluding hydrogens is 272 g/mol. The first-order valence-electron chi connectivity index (χ1n) is 6.60. The number of hydrogen-bond acceptors (Lipinski definition) is 3. The van der Waals surface area contributed by atoms with Crippen LogP contribution in [0.4, 0.5) is 0 Å². The number of sulfonamides is 1. The van der Waals surface area contributed by atoms with Gasteiger partial charge in [0.1, 0.15) is 0 Å². The minimum absolute atomic E-state index is 0.297. The van der Waals surface area contributed by atoms with E-state index in [1.807, 2.05) is 19.2 Å². The summed E-state index contributed by atoms with van der Waals surface area (Å²) in [5.74, 6) is 3.15. The van der Waals surface area contributed by atoms with Crippen molar-refractivity contribution in [3.8, 4) is 12.0 Å². The highest BCUT2D eigenvalue weighted by Gasteiger charge is 2.13. The van der Waals surface area contributed by atoms with Gasteiger partial charge in [-0.2, -0.15) is 0 Å². The SMILES string of the molecule is CC#CN(C)CCNS(=O)(=O)c1ccc(C(C)C)cc1. The van der Waals surface area contributed by atoms with E-state index in [4.69, 9.17) is 0 Å². The van der Waals surface area contributed by atoms with Crippen molar-refractivity contribution in [1.82, 2.24) is 9.62 Å². The number of benzene rings is 1. The summed E-state index contributed by atoms with van der Waals surface area (Å²) in [6.07, 6.45) is 0. The van der Waals surface area contributed by atoms with Gasteiger partial charge in [-0.1, -0.05) is 31.9 Å². The van der Waals surface area contributed by atoms with E-state index in [9.17, 15) is 8.42 Å². The van der Waals surface area contributed by atoms with Crippen LogP contribution >= 0.6 is 0 Å². The summed E-state index contributed by atoms with van der Waals surface area (Å²) >= 11 is 0. The number of likely N-dealkylation sites (N-methyl/N-ethyl adjacent to an activating group) is 1. The Balaban J connectivity index is 2.66. The molecule has 4 nitrogen and oxygen atoms in total. The average Bonchev–Trinajstić information content (AvgIpc) is 2.39. The fourth-order valence-electron chi connectivity index (χ4n) is 1.71. The molecule has 0 saturated heterocycles. The molecule has 1 N–H and O–H groups in total. The molecule has 0 heterocycles. The Morgan fingerprint density at radius 3 is 2.35 bits per heavy atom. The standard InChI is InChI=1S/C15H22N2O2S/c1-5-11-17(4)12-10-16-20(18,19)15-8-6-14(7-9-15)13(2)3/h6-9,13,16H,10,12H2,1-4H3. The Morgan fingerprint density at radius 2 is 1.85 bits per heavy atom. The topological polar surface area (TPSA) is 49.4 Å². The van der Waals surface area contributed by atoms with Gasteiger partial charge < -0.3 is 4.90 Å². The number of rotatable bonds is 6. The first-order valence-corrected chi connectivity index (χ1v) is 8.08. The van der Waals surface area contributed by atoms with Gasteiger partial charge in [0.15, 0.2) is 0 Å². The molecule has 5 heteroatoms. The van der Waals surface area contributed by atoms with Gasteiger partial charge in [-0.25, -0.2) is 13.1 Å². The largest absolute Gasteiger partial charge is 0.334 e. The molecule has 0 aliphatic heterocycles. The third kappa shape index (κ3) is 4.87. The van der Waals surface area contributed by atoms with Gasteiger partial charge in [0, 0.05) is 26.2 Å². The Kier molecular flexibility index (Phi) is 6.05. The summed E-state index contributed by atoms with van der Waals surface area (Å²) in [5.41, 5.74) is 1.13. The van der Waals surface area contributed by atoms with Crippen molar-refractivity contribution >= 4 is 10.0 Å². The van der Waals surface area contributed by atoms with Crippen LogP contribution < -0.4 is 4.72 Å². The van der Waals surface area contributed by atoms with Crippen molar-refractivity contribution in [2.75, 3.05) is 20.1 Å². The second-order valence-corrected chi connectivity index (χ2v) is 6.67. The van der Waals surface area contributed by atoms with Crippen LogP contribution in [0.25, 0.3) is 0 Å². The molecule has 0 bridgehead atoms. The molecule has 20 heavy (non-hydrogen) atoms. The van der Waals surface area contributed by atoms with Gasteiger partial charge in [0.25, 0.3) is 0 Å². The zero-order valence-electron chi connectivity index (χ0n) is 12.5. The molecule has 1 rings (SSSR count). The van der Waals surface area contributed by atoms with Gasteiger partial charge in [-0.3, -0.25) is 0 Å². The number of nitrogens with zero attached hydrogens (tertiary/aromatic N) is 1. The zero-order valence-corrected chi connectivity index (χ0v) is 13.3. The van der Waals surface area contributed by atoms with Crippen LogP contribution in [0, 0.1) is 12.0 Å². The lowest BCUT2D eigenvalue weighted by Crippen LogP contribution is -2.31. The van der Waals surface area contributed by atoms with Crippen molar-refractivity contribution in [2.24, 2.45) is 0 Å². The molecule has 0 fully saturated rings. The highest BCUT2D eigenvalue weighted by atomic mass is 32.2. The Bertz CT molecular complexity index is 581. The van der Waals surface area contributed by atoms with Crippen molar-refractivity contribution < 1.29 is 8.42 Å². The quantitative estimate of drug-likeness (QED) is 0.645. The van der Waals surface area contributed by atoms with Gasteiger partial charge >= 0.3 is 0 Å². The van der Waals surface area contributed by atoms with E-state index in [1.54, 1.807) is 24.0 Å². The molecule has 1 aromatic rings. The predicted molar refractivity (Wildman–Crippen MR) is 81.8 cm³/mol. The number of nitrogens with one attached hydrogen (secondary N) is 1. The Labute approximate surface area is 122 Å². The maximum atomic E-state index is 12.1. The highest BCUT2D eigenvalue weighted by molar-refractivity contribution is 7.89. The zero-order chi connectivity index (χ0) is 15.2. The normalized spacial score (nSPS) is 11.1. The summed E-state index contributed by atoms with van der Waals surface area (Å²) in [7, 11) is -1.62. The van der Waals surface area contributed by atoms with Crippen molar-refractivity contribution in [3.63, 3.8) is 0 Å². The minimum Gasteiger partial charge on any atom is -0.334 e. The first kappa shape index (κ1) is 16.5. The molecule has 1 aromatic carbocycles. The summed E-state index contributed by atoms with van der Waals surface area (Å²) in [4.78, 5) is 2.05. The molecule has 0 saturated carbocycles. The summed E-state index contributed by atoms with van der Waals surface area (Å²) < 4.78 is 26.8. The molecule has 0 unspecified atom stereocenters. The second kappa shape index (κ2) is 7.32. The predicted octanol–water partition coefficient (Wildman–Crippen LogP) is 2.00. The van der Waals surface area contributed by atoms with Crippen LogP contribution in [-0.2, 0) is 10.0 Å². The lowest BCUT2D eigenvalue weighted by Gasteiger charge is -2.12. The van der Waals surface area contributed by atoms with Crippen LogP contribution in [0.1, 0.15) is 32.3 Å². The van der Waals surface area contributed by atoms with Gasteiger partial charge in [-0.05, 0) is 30.5 Å². The van der Waals surface area contributed by atoms with Crippen LogP contribution in [0.2, 0.25) is 0 Å². The molecule has 0 spiro atoms. The molecule has 0 aliphatic carbocycles. The monoisotopic (exact) mass is 294 g/mol. The van der Waals surface area contributed by atoms with E-state index in [0.29, 0.717) is 23.9 Å². The smallest absolute Gasteiger partial charge is 0.240 e. The maximum Gasteiger partial charge on any atom is 0.240 e. The van der Waals surface area contributed by atoms with E-state index >= 15 is 0 Å². The van der Waals surface area contributed by atoms with E-state index in [0.717, 1.165) is 5.56 Å². The fraction of sp³-hybridized carbons (Fsp3) is 0.467. The molecule has 0 aromatic heterocycles. The molecule has 0 aliphatic rings. The van der Waals surface area contributed by atoms with E-state index < -0.39 is 10.0 Å². The van der Waals surface area contributed by atoms with Gasteiger partial charge in [0.05, 0.1) is 4.90 Å². The van der Waals surface area contributed by atoms with E-state index in [1.165, 1.54) is 0 Å². The average molecular weight is 294 g/mol. The van der Waals surface area contributed by atoms with Gasteiger partial charge in [-0.15, -0.1) is 0 Å². The van der Waals surface area contributed by atoms with Crippen molar-refractivity contribution in [2.45, 2.75) is 31.6 Å². The summed E-state index contributed by atoms with van der Waals surface area (Å²) in [5, 5.41) is 0. The molecule has 0 amide bonds. The van der Waals surface area contributed by atoms with Crippen LogP contribution in [-0.4, -0.2) is 33.5 Å². The molecule has 0 radical (unpaired) electrons. The molecule has 110 valence electrons. The Morgan fingerprint density at radius 1 is 1.25 bits per heavy atom. The maximum absolute atomic E-state index is 12.1. The highest BCUT2D eigenvalue weighted by Crippen LogP contribution is 2.17. The second-order valence-electron chi connectivity index (χ2n) is 4.90. The fourth-order valence-corrected chi connectivity index (χ4v) is 2.73. The van der Waals surface area contributed by atoms with E-state index in [2.05, 4.69) is 30.5 Å². The van der Waals surface area contributed by atoms with Crippen LogP contribution in [0.15, 0.2) is 29.2 Å². The minimum atomic E-state index is -3.44. The lowest BCUT2D eigenvalue weighted by atomic mass is 10.0. The van der Waals surface area contributed by atoms with Gasteiger partial charge in [0.2, 0.25) is 10.0 Å². The third-order valence-electron chi connectivity index (χ3n) is 2.90. The lowest BCUT2D eigenvalue weighted by molar-refractivity contribution is 0.480. The van der Waals surface area contributed by atoms with Crippen LogP contribution in [0.3, 0.4) is 0 Å². The number of hydrogen-bond donors (Lipinski definition) is 1. The molecule has 0 atom stereocenters. The van der Waals surface area contributed by atoms with E-state index in [-0.39, 0.29) is 0 Å². The molecular formula is C15H22N2O2S. The summed E-state index contributed by atoms with van der Waals surface area (Å²) in [6, 6.07) is 9.84. The van der Waals surface area contributed by atoms with Crippen LogP contribution in [0.5, 0.6) is 0 Å². The van der Waals surface area contributed by atoms with Crippen molar-refractivity contribution in [3.05, 3.63) is 29.8 Å². The van der Waals surface area contributed by atoms with Crippen molar-refractivity contribution in [1.29, 1.82) is 0 Å². The Hall–Kier alpha value is -1.51. The third-order valence-corrected chi connectivity index (χ3v) is 4.38. The first-order chi connectivity index (χ1) is 9.36. The summed E-state index contributed by atoms with van der Waals surface area (Å²) in [6.45, 7) is 6.78.